The highest BCUT2D eigenvalue weighted by atomic mass is 79.9. The van der Waals surface area contributed by atoms with E-state index in [1.807, 2.05) is 42.6 Å². The molecule has 1 nitrogen and oxygen atoms in total. The summed E-state index contributed by atoms with van der Waals surface area (Å²) >= 11 is 5.16. The lowest BCUT2D eigenvalue weighted by molar-refractivity contribution is 0.612. The molecular weight excluding hydrogens is 294 g/mol. The van der Waals surface area contributed by atoms with E-state index < -0.39 is 5.41 Å². The van der Waals surface area contributed by atoms with Crippen LogP contribution in [0.2, 0.25) is 0 Å². The predicted molar refractivity (Wildman–Crippen MR) is 75.1 cm³/mol. The topological polar surface area (TPSA) is 23.8 Å². The minimum atomic E-state index is -0.464. The molecule has 0 spiro atoms. The molecule has 2 rings (SSSR count). The van der Waals surface area contributed by atoms with Gasteiger partial charge in [-0.3, -0.25) is 0 Å². The van der Waals surface area contributed by atoms with Gasteiger partial charge in [0.1, 0.15) is 0 Å². The summed E-state index contributed by atoms with van der Waals surface area (Å²) in [5.41, 5.74) is 0.594. The van der Waals surface area contributed by atoms with Gasteiger partial charge in [0.25, 0.3) is 0 Å². The van der Waals surface area contributed by atoms with Crippen molar-refractivity contribution in [2.24, 2.45) is 0 Å². The van der Waals surface area contributed by atoms with Gasteiger partial charge in [0.05, 0.1) is 11.5 Å². The summed E-state index contributed by atoms with van der Waals surface area (Å²) in [5, 5.41) is 11.5. The van der Waals surface area contributed by atoms with E-state index in [-0.39, 0.29) is 0 Å². The van der Waals surface area contributed by atoms with E-state index >= 15 is 0 Å². The number of thiophene rings is 1. The van der Waals surface area contributed by atoms with E-state index in [0.717, 1.165) is 16.5 Å². The average molecular weight is 306 g/mol. The Morgan fingerprint density at radius 1 is 1.35 bits per heavy atom. The molecule has 0 radical (unpaired) electrons. The lowest BCUT2D eigenvalue weighted by Gasteiger charge is -2.21. The van der Waals surface area contributed by atoms with Gasteiger partial charge in [0, 0.05) is 15.8 Å². The van der Waals surface area contributed by atoms with Gasteiger partial charge < -0.3 is 0 Å². The number of hydrogen-bond donors (Lipinski definition) is 0. The number of halogens is 1. The van der Waals surface area contributed by atoms with Crippen LogP contribution in [0.4, 0.5) is 0 Å². The molecule has 0 aliphatic carbocycles. The molecule has 0 amide bonds. The summed E-state index contributed by atoms with van der Waals surface area (Å²) in [5.74, 6) is 0. The third-order valence-electron chi connectivity index (χ3n) is 2.82. The minimum absolute atomic E-state index is 0.464. The lowest BCUT2D eigenvalue weighted by atomic mass is 9.80. The highest BCUT2D eigenvalue weighted by molar-refractivity contribution is 9.10. The maximum Gasteiger partial charge on any atom is 0.0842 e. The van der Waals surface area contributed by atoms with E-state index in [2.05, 4.69) is 28.1 Å². The van der Waals surface area contributed by atoms with Crippen LogP contribution in [-0.4, -0.2) is 0 Å². The van der Waals surface area contributed by atoms with Gasteiger partial charge in [-0.1, -0.05) is 34.1 Å². The van der Waals surface area contributed by atoms with Crippen LogP contribution in [0.3, 0.4) is 0 Å². The Balaban J connectivity index is 2.35. The summed E-state index contributed by atoms with van der Waals surface area (Å²) in [7, 11) is 0. The fourth-order valence-corrected chi connectivity index (χ4v) is 3.06. The second-order valence-corrected chi connectivity index (χ2v) is 6.16. The van der Waals surface area contributed by atoms with E-state index in [9.17, 15) is 5.26 Å². The molecule has 1 unspecified atom stereocenters. The molecule has 1 atom stereocenters. The summed E-state index contributed by atoms with van der Waals surface area (Å²) in [6.45, 7) is 1.99. The number of hydrogen-bond acceptors (Lipinski definition) is 2. The van der Waals surface area contributed by atoms with E-state index in [0.29, 0.717) is 0 Å². The molecule has 0 fully saturated rings. The second-order valence-electron chi connectivity index (χ2n) is 4.21. The molecular formula is C14H12BrNS. The molecule has 0 saturated heterocycles. The van der Waals surface area contributed by atoms with Crippen LogP contribution in [0.25, 0.3) is 0 Å². The smallest absolute Gasteiger partial charge is 0.0842 e. The standard InChI is InChI=1S/C14H12BrNS/c1-14(10-16,9-13-6-3-7-17-13)11-4-2-5-12(15)8-11/h2-8H,9H2,1H3. The quantitative estimate of drug-likeness (QED) is 0.817. The van der Waals surface area contributed by atoms with Gasteiger partial charge in [-0.25, -0.2) is 0 Å². The van der Waals surface area contributed by atoms with Crippen molar-refractivity contribution in [3.63, 3.8) is 0 Å². The molecule has 1 heterocycles. The molecule has 1 aromatic carbocycles. The van der Waals surface area contributed by atoms with Crippen LogP contribution in [0.5, 0.6) is 0 Å². The van der Waals surface area contributed by atoms with Crippen molar-refractivity contribution in [3.05, 3.63) is 56.7 Å². The first kappa shape index (κ1) is 12.3. The van der Waals surface area contributed by atoms with E-state index in [1.165, 1.54) is 4.88 Å². The lowest BCUT2D eigenvalue weighted by Crippen LogP contribution is -2.22. The third-order valence-corrected chi connectivity index (χ3v) is 4.19. The summed E-state index contributed by atoms with van der Waals surface area (Å²) in [6.07, 6.45) is 0.762. The normalized spacial score (nSPS) is 13.9. The summed E-state index contributed by atoms with van der Waals surface area (Å²) < 4.78 is 1.02. The maximum absolute atomic E-state index is 9.47. The zero-order valence-electron chi connectivity index (χ0n) is 9.48. The second kappa shape index (κ2) is 5.03. The molecule has 0 bridgehead atoms. The number of rotatable bonds is 3. The molecule has 86 valence electrons. The zero-order chi connectivity index (χ0) is 12.3. The molecule has 17 heavy (non-hydrogen) atoms. The molecule has 3 heteroatoms. The predicted octanol–water partition coefficient (Wildman–Crippen LogP) is 4.53. The van der Waals surface area contributed by atoms with Gasteiger partial charge in [0.2, 0.25) is 0 Å². The van der Waals surface area contributed by atoms with Crippen molar-refractivity contribution in [2.75, 3.05) is 0 Å². The van der Waals surface area contributed by atoms with Crippen LogP contribution >= 0.6 is 27.3 Å². The molecule has 0 saturated carbocycles. The fraction of sp³-hybridized carbons (Fsp3) is 0.214. The van der Waals surface area contributed by atoms with Crippen LogP contribution < -0.4 is 0 Å². The van der Waals surface area contributed by atoms with Gasteiger partial charge in [0.15, 0.2) is 0 Å². The van der Waals surface area contributed by atoms with Crippen molar-refractivity contribution in [2.45, 2.75) is 18.8 Å². The van der Waals surface area contributed by atoms with Crippen molar-refractivity contribution in [3.8, 4) is 6.07 Å². The molecule has 0 N–H and O–H groups in total. The van der Waals surface area contributed by atoms with Crippen LogP contribution in [0.1, 0.15) is 17.4 Å². The van der Waals surface area contributed by atoms with Gasteiger partial charge in [-0.05, 0) is 36.1 Å². The third kappa shape index (κ3) is 2.77. The minimum Gasteiger partial charge on any atom is -0.197 e. The monoisotopic (exact) mass is 305 g/mol. The molecule has 0 aliphatic rings. The molecule has 1 aromatic heterocycles. The van der Waals surface area contributed by atoms with Crippen molar-refractivity contribution >= 4 is 27.3 Å². The van der Waals surface area contributed by atoms with Crippen molar-refractivity contribution in [1.29, 1.82) is 5.26 Å². The highest BCUT2D eigenvalue weighted by Crippen LogP contribution is 2.30. The molecule has 0 aliphatic heterocycles. The Labute approximate surface area is 114 Å². The Morgan fingerprint density at radius 3 is 2.76 bits per heavy atom. The van der Waals surface area contributed by atoms with Gasteiger partial charge in [-0.15, -0.1) is 11.3 Å². The summed E-state index contributed by atoms with van der Waals surface area (Å²) in [4.78, 5) is 1.24. The van der Waals surface area contributed by atoms with Gasteiger partial charge >= 0.3 is 0 Å². The first-order valence-electron chi connectivity index (χ1n) is 5.34. The Kier molecular flexibility index (Phi) is 3.66. The van der Waals surface area contributed by atoms with E-state index in [4.69, 9.17) is 0 Å². The number of nitrogens with zero attached hydrogens (tertiary/aromatic N) is 1. The first-order valence-corrected chi connectivity index (χ1v) is 7.01. The Bertz CT molecular complexity index is 542. The van der Waals surface area contributed by atoms with E-state index in [1.54, 1.807) is 11.3 Å². The first-order chi connectivity index (χ1) is 8.14. The average Bonchev–Trinajstić information content (AvgIpc) is 2.81. The largest absolute Gasteiger partial charge is 0.197 e. The van der Waals surface area contributed by atoms with Gasteiger partial charge in [-0.2, -0.15) is 5.26 Å². The highest BCUT2D eigenvalue weighted by Gasteiger charge is 2.27. The summed E-state index contributed by atoms with van der Waals surface area (Å²) in [6, 6.07) is 14.5. The SMILES string of the molecule is CC(C#N)(Cc1cccs1)c1cccc(Br)c1. The zero-order valence-corrected chi connectivity index (χ0v) is 11.9. The Hall–Kier alpha value is -1.11. The maximum atomic E-state index is 9.47. The van der Waals surface area contributed by atoms with Crippen molar-refractivity contribution in [1.82, 2.24) is 0 Å². The Morgan fingerprint density at radius 2 is 2.18 bits per heavy atom. The molecule has 2 aromatic rings. The van der Waals surface area contributed by atoms with Crippen molar-refractivity contribution < 1.29 is 0 Å². The van der Waals surface area contributed by atoms with Crippen LogP contribution in [0, 0.1) is 11.3 Å². The number of nitriles is 1. The van der Waals surface area contributed by atoms with Crippen LogP contribution in [-0.2, 0) is 11.8 Å². The van der Waals surface area contributed by atoms with Crippen LogP contribution in [0.15, 0.2) is 46.3 Å². The number of benzene rings is 1. The fourth-order valence-electron chi connectivity index (χ4n) is 1.80.